The van der Waals surface area contributed by atoms with E-state index in [-0.39, 0.29) is 36.6 Å². The Bertz CT molecular complexity index is 564. The molecule has 8 nitrogen and oxygen atoms in total. The lowest BCUT2D eigenvalue weighted by Gasteiger charge is -2.24. The molecule has 23 heavy (non-hydrogen) atoms. The molecule has 9 heteroatoms. The van der Waals surface area contributed by atoms with Crippen LogP contribution in [0.15, 0.2) is 0 Å². The van der Waals surface area contributed by atoms with Gasteiger partial charge in [-0.15, -0.1) is 0 Å². The van der Waals surface area contributed by atoms with E-state index in [1.807, 2.05) is 0 Å². The van der Waals surface area contributed by atoms with E-state index in [1.54, 1.807) is 11.8 Å². The quantitative estimate of drug-likeness (QED) is 0.376. The zero-order valence-electron chi connectivity index (χ0n) is 12.4. The molecule has 0 aromatic rings. The molecule has 0 aromatic heterocycles. The van der Waals surface area contributed by atoms with Gasteiger partial charge in [0.25, 0.3) is 0 Å². The maximum absolute atomic E-state index is 11.9. The number of Topliss-reactive ketones (excluding diaryl/α,β-unsaturated/α-hetero) is 2. The number of thioether (sulfide) groups is 1. The Labute approximate surface area is 136 Å². The number of hydroxylamine groups is 2. The summed E-state index contributed by atoms with van der Waals surface area (Å²) in [7, 11) is 0. The van der Waals surface area contributed by atoms with Gasteiger partial charge < -0.3 is 10.4 Å². The highest BCUT2D eigenvalue weighted by Crippen LogP contribution is 2.40. The minimum absolute atomic E-state index is 0.00312. The number of hydrogen-bond donors (Lipinski definition) is 3. The van der Waals surface area contributed by atoms with Crippen molar-refractivity contribution in [2.24, 2.45) is 5.41 Å². The van der Waals surface area contributed by atoms with Gasteiger partial charge in [-0.3, -0.25) is 19.6 Å². The Morgan fingerprint density at radius 3 is 2.57 bits per heavy atom. The molecule has 3 rings (SSSR count). The van der Waals surface area contributed by atoms with Crippen LogP contribution in [0.2, 0.25) is 0 Å². The van der Waals surface area contributed by atoms with Gasteiger partial charge in [0.2, 0.25) is 0 Å². The first-order valence-corrected chi connectivity index (χ1v) is 8.63. The number of nitrogens with one attached hydrogen (secondary N) is 1. The summed E-state index contributed by atoms with van der Waals surface area (Å²) >= 11 is 1.60. The van der Waals surface area contributed by atoms with Gasteiger partial charge in [-0.05, 0) is 12.8 Å². The summed E-state index contributed by atoms with van der Waals surface area (Å²) in [6.45, 7) is 0. The Kier molecular flexibility index (Phi) is 4.09. The van der Waals surface area contributed by atoms with E-state index in [9.17, 15) is 29.5 Å². The first-order chi connectivity index (χ1) is 10.9. The molecule has 0 spiro atoms. The Hall–Kier alpha value is -1.61. The van der Waals surface area contributed by atoms with Crippen molar-refractivity contribution >= 4 is 35.3 Å². The molecule has 2 amide bonds. The number of hydrogen-bond acceptors (Lipinski definition) is 6. The zero-order valence-corrected chi connectivity index (χ0v) is 13.2. The van der Waals surface area contributed by atoms with Gasteiger partial charge in [0, 0.05) is 23.8 Å². The summed E-state index contributed by atoms with van der Waals surface area (Å²) in [4.78, 5) is 46.8. The fourth-order valence-corrected chi connectivity index (χ4v) is 5.33. The molecule has 1 aliphatic carbocycles. The Balaban J connectivity index is 1.63. The smallest absolute Gasteiger partial charge is 0.341 e. The van der Waals surface area contributed by atoms with E-state index in [0.717, 1.165) is 0 Å². The monoisotopic (exact) mass is 342 g/mol. The second-order valence-electron chi connectivity index (χ2n) is 6.21. The number of aliphatic carboxylic acids is 1. The van der Waals surface area contributed by atoms with Crippen molar-refractivity contribution in [3.63, 3.8) is 0 Å². The van der Waals surface area contributed by atoms with Crippen LogP contribution in [0, 0.1) is 5.41 Å². The molecular formula is C14H18N2O6S. The van der Waals surface area contributed by atoms with Crippen LogP contribution >= 0.6 is 11.8 Å². The summed E-state index contributed by atoms with van der Waals surface area (Å²) in [5.41, 5.74) is -1.88. The van der Waals surface area contributed by atoms with E-state index in [1.165, 1.54) is 0 Å². The zero-order chi connectivity index (χ0) is 16.8. The first kappa shape index (κ1) is 16.3. The van der Waals surface area contributed by atoms with Gasteiger partial charge >= 0.3 is 12.0 Å². The number of amides is 2. The Morgan fingerprint density at radius 2 is 1.96 bits per heavy atom. The molecule has 0 unspecified atom stereocenters. The van der Waals surface area contributed by atoms with Crippen LogP contribution in [0.5, 0.6) is 0 Å². The lowest BCUT2D eigenvalue weighted by Crippen LogP contribution is -2.42. The van der Waals surface area contributed by atoms with Crippen LogP contribution < -0.4 is 5.32 Å². The first-order valence-electron chi connectivity index (χ1n) is 7.58. The highest BCUT2D eigenvalue weighted by molar-refractivity contribution is 8.00. The van der Waals surface area contributed by atoms with Crippen LogP contribution in [0.25, 0.3) is 0 Å². The van der Waals surface area contributed by atoms with Gasteiger partial charge in [-0.1, -0.05) is 6.42 Å². The average molecular weight is 342 g/mol. The fraction of sp³-hybridized carbons (Fsp3) is 0.714. The van der Waals surface area contributed by atoms with Crippen molar-refractivity contribution in [3.8, 4) is 0 Å². The van der Waals surface area contributed by atoms with Crippen molar-refractivity contribution < 1.29 is 29.5 Å². The molecule has 1 saturated carbocycles. The standard InChI is InChI=1S/C14H18N2O6S/c17-9-3-4-10(18)14(9,12(19)20)5-1-2-8-11-7(6-23-8)15-13(21)16(11)22/h7-8,11,22H,1-6H2,(H,15,21)(H,19,20)/t7-,8-,11-/m0/s1. The van der Waals surface area contributed by atoms with Gasteiger partial charge in [0.15, 0.2) is 17.0 Å². The average Bonchev–Trinajstić information content (AvgIpc) is 3.10. The van der Waals surface area contributed by atoms with Crippen molar-refractivity contribution in [3.05, 3.63) is 0 Å². The number of fused-ring (bicyclic) bond motifs is 1. The number of carboxylic acid groups (broad SMARTS) is 1. The predicted molar refractivity (Wildman–Crippen MR) is 79.1 cm³/mol. The van der Waals surface area contributed by atoms with Crippen molar-refractivity contribution in [1.29, 1.82) is 0 Å². The lowest BCUT2D eigenvalue weighted by molar-refractivity contribution is -0.157. The van der Waals surface area contributed by atoms with Crippen molar-refractivity contribution in [2.45, 2.75) is 49.4 Å². The largest absolute Gasteiger partial charge is 0.480 e. The maximum atomic E-state index is 11.9. The Morgan fingerprint density at radius 1 is 1.30 bits per heavy atom. The summed E-state index contributed by atoms with van der Waals surface area (Å²) in [5, 5.41) is 22.5. The third-order valence-electron chi connectivity index (χ3n) is 5.02. The van der Waals surface area contributed by atoms with Crippen molar-refractivity contribution in [1.82, 2.24) is 10.4 Å². The molecule has 0 aromatic carbocycles. The second kappa shape index (κ2) is 5.79. The van der Waals surface area contributed by atoms with E-state index >= 15 is 0 Å². The summed E-state index contributed by atoms with van der Waals surface area (Å²) in [5.74, 6) is -1.69. The molecule has 2 saturated heterocycles. The van der Waals surface area contributed by atoms with Crippen LogP contribution in [0.3, 0.4) is 0 Å². The molecule has 3 atom stereocenters. The van der Waals surface area contributed by atoms with E-state index in [2.05, 4.69) is 5.32 Å². The summed E-state index contributed by atoms with van der Waals surface area (Å²) in [6, 6.07) is -0.984. The normalized spacial score (nSPS) is 32.3. The van der Waals surface area contributed by atoms with E-state index < -0.39 is 29.0 Å². The number of rotatable bonds is 5. The topological polar surface area (TPSA) is 124 Å². The fourth-order valence-electron chi connectivity index (χ4n) is 3.75. The van der Waals surface area contributed by atoms with Crippen molar-refractivity contribution in [2.75, 3.05) is 5.75 Å². The van der Waals surface area contributed by atoms with Crippen LogP contribution in [-0.2, 0) is 14.4 Å². The number of ketones is 2. The number of urea groups is 1. The SMILES string of the molecule is O=C1N[C@H]2CS[C@@H](CCCC3(C(=O)O)C(=O)CCC3=O)[C@H]2N1O. The molecule has 0 radical (unpaired) electrons. The van der Waals surface area contributed by atoms with E-state index in [0.29, 0.717) is 23.7 Å². The maximum Gasteiger partial charge on any atom is 0.341 e. The molecule has 3 N–H and O–H groups in total. The van der Waals surface area contributed by atoms with Crippen LogP contribution in [-0.4, -0.2) is 62.0 Å². The molecule has 0 bridgehead atoms. The molecule has 3 fully saturated rings. The third kappa shape index (κ3) is 2.42. The molecular weight excluding hydrogens is 324 g/mol. The summed E-state index contributed by atoms with van der Waals surface area (Å²) in [6.07, 6.45) is 0.898. The minimum Gasteiger partial charge on any atom is -0.480 e. The van der Waals surface area contributed by atoms with Crippen LogP contribution in [0.4, 0.5) is 4.79 Å². The third-order valence-corrected chi connectivity index (χ3v) is 6.51. The molecule has 3 aliphatic rings. The van der Waals surface area contributed by atoms with Gasteiger partial charge in [-0.2, -0.15) is 16.8 Å². The molecule has 2 aliphatic heterocycles. The lowest BCUT2D eigenvalue weighted by atomic mass is 9.79. The molecule has 126 valence electrons. The van der Waals surface area contributed by atoms with E-state index in [4.69, 9.17) is 0 Å². The number of nitrogens with zero attached hydrogens (tertiary/aromatic N) is 1. The van der Waals surface area contributed by atoms with Crippen LogP contribution in [0.1, 0.15) is 32.1 Å². The van der Waals surface area contributed by atoms with Gasteiger partial charge in [0.1, 0.15) is 0 Å². The summed E-state index contributed by atoms with van der Waals surface area (Å²) < 4.78 is 0. The highest BCUT2D eigenvalue weighted by Gasteiger charge is 2.55. The highest BCUT2D eigenvalue weighted by atomic mass is 32.2. The number of carboxylic acids is 1. The number of carbonyl (C=O) groups is 4. The second-order valence-corrected chi connectivity index (χ2v) is 7.48. The van der Waals surface area contributed by atoms with Gasteiger partial charge in [-0.25, -0.2) is 4.79 Å². The van der Waals surface area contributed by atoms with Gasteiger partial charge in [0.05, 0.1) is 12.1 Å². The molecule has 2 heterocycles. The predicted octanol–water partition coefficient (Wildman–Crippen LogP) is 0.427. The minimum atomic E-state index is -1.88. The number of carbonyl (C=O) groups excluding carboxylic acids is 3.